The third-order valence-electron chi connectivity index (χ3n) is 3.49. The van der Waals surface area contributed by atoms with E-state index in [9.17, 15) is 9.59 Å². The maximum atomic E-state index is 12.0. The Morgan fingerprint density at radius 2 is 1.88 bits per heavy atom. The smallest absolute Gasteiger partial charge is 0.349 e. The maximum Gasteiger partial charge on any atom is 0.349 e. The van der Waals surface area contributed by atoms with E-state index in [1.165, 1.54) is 11.6 Å². The highest BCUT2D eigenvalue weighted by atomic mass is 79.9. The van der Waals surface area contributed by atoms with E-state index >= 15 is 0 Å². The summed E-state index contributed by atoms with van der Waals surface area (Å²) < 4.78 is 16.6. The molecule has 0 saturated heterocycles. The Morgan fingerprint density at radius 3 is 2.58 bits per heavy atom. The number of ether oxygens (including phenoxy) is 3. The standard InChI is InChI=1S/C20H21BrO5/c1-3-10-24-20(23)15-6-5-7-16(12-15)26-19(22)13-25-18-9-8-14(4-2)11-17(18)21/h5-9,11-12H,3-4,10,13H2,1-2H3. The lowest BCUT2D eigenvalue weighted by atomic mass is 10.2. The molecule has 2 rings (SSSR count). The van der Waals surface area contributed by atoms with Crippen molar-refractivity contribution in [1.82, 2.24) is 0 Å². The molecule has 0 N–H and O–H groups in total. The number of hydrogen-bond donors (Lipinski definition) is 0. The fourth-order valence-corrected chi connectivity index (χ4v) is 2.68. The van der Waals surface area contributed by atoms with Crippen LogP contribution in [0, 0.1) is 0 Å². The lowest BCUT2D eigenvalue weighted by Crippen LogP contribution is -2.18. The molecule has 0 atom stereocenters. The van der Waals surface area contributed by atoms with E-state index in [0.29, 0.717) is 17.9 Å². The first-order valence-electron chi connectivity index (χ1n) is 8.42. The van der Waals surface area contributed by atoms with Crippen molar-refractivity contribution < 1.29 is 23.8 Å². The summed E-state index contributed by atoms with van der Waals surface area (Å²) in [5, 5.41) is 0. The summed E-state index contributed by atoms with van der Waals surface area (Å²) in [6.45, 7) is 4.09. The molecule has 0 aliphatic rings. The van der Waals surface area contributed by atoms with E-state index in [0.717, 1.165) is 17.3 Å². The molecule has 0 bridgehead atoms. The molecule has 0 aliphatic heterocycles. The molecule has 2 aromatic rings. The van der Waals surface area contributed by atoms with Crippen LogP contribution in [0.15, 0.2) is 46.9 Å². The zero-order valence-electron chi connectivity index (χ0n) is 14.8. The number of benzene rings is 2. The van der Waals surface area contributed by atoms with Gasteiger partial charge in [0.15, 0.2) is 6.61 Å². The summed E-state index contributed by atoms with van der Waals surface area (Å²) in [5.41, 5.74) is 1.50. The lowest BCUT2D eigenvalue weighted by molar-refractivity contribution is -0.136. The van der Waals surface area contributed by atoms with Crippen LogP contribution in [-0.2, 0) is 16.0 Å². The number of esters is 2. The highest BCUT2D eigenvalue weighted by molar-refractivity contribution is 9.10. The number of hydrogen-bond acceptors (Lipinski definition) is 5. The third-order valence-corrected chi connectivity index (χ3v) is 4.11. The minimum absolute atomic E-state index is 0.241. The molecule has 0 radical (unpaired) electrons. The van der Waals surface area contributed by atoms with Gasteiger partial charge in [0.2, 0.25) is 0 Å². The zero-order chi connectivity index (χ0) is 18.9. The van der Waals surface area contributed by atoms with Crippen LogP contribution in [0.3, 0.4) is 0 Å². The number of carbonyl (C=O) groups is 2. The minimum atomic E-state index is -0.560. The molecule has 0 heterocycles. The molecule has 2 aromatic carbocycles. The van der Waals surface area contributed by atoms with E-state index in [4.69, 9.17) is 14.2 Å². The first kappa shape index (κ1) is 20.0. The quantitative estimate of drug-likeness (QED) is 0.462. The second-order valence-corrected chi connectivity index (χ2v) is 6.40. The van der Waals surface area contributed by atoms with Crippen LogP contribution in [0.5, 0.6) is 11.5 Å². The highest BCUT2D eigenvalue weighted by Gasteiger charge is 2.12. The topological polar surface area (TPSA) is 61.8 Å². The van der Waals surface area contributed by atoms with Gasteiger partial charge < -0.3 is 14.2 Å². The molecule has 5 nitrogen and oxygen atoms in total. The number of aryl methyl sites for hydroxylation is 1. The van der Waals surface area contributed by atoms with Gasteiger partial charge in [-0.05, 0) is 64.7 Å². The summed E-state index contributed by atoms with van der Waals surface area (Å²) in [5.74, 6) is -0.169. The largest absolute Gasteiger partial charge is 0.481 e. The van der Waals surface area contributed by atoms with Crippen molar-refractivity contribution in [3.8, 4) is 11.5 Å². The highest BCUT2D eigenvalue weighted by Crippen LogP contribution is 2.26. The van der Waals surface area contributed by atoms with Crippen LogP contribution in [0.25, 0.3) is 0 Å². The fourth-order valence-electron chi connectivity index (χ4n) is 2.14. The number of carbonyl (C=O) groups excluding carboxylic acids is 2. The molecule has 0 spiro atoms. The summed E-state index contributed by atoms with van der Waals surface area (Å²) in [7, 11) is 0. The molecule has 0 amide bonds. The van der Waals surface area contributed by atoms with Crippen molar-refractivity contribution in [2.24, 2.45) is 0 Å². The summed E-state index contributed by atoms with van der Waals surface area (Å²) in [6.07, 6.45) is 1.66. The summed E-state index contributed by atoms with van der Waals surface area (Å²) >= 11 is 3.42. The van der Waals surface area contributed by atoms with Gasteiger partial charge >= 0.3 is 11.9 Å². The second-order valence-electron chi connectivity index (χ2n) is 5.54. The SMILES string of the molecule is CCCOC(=O)c1cccc(OC(=O)COc2ccc(CC)cc2Br)c1. The Kier molecular flexibility index (Phi) is 7.66. The van der Waals surface area contributed by atoms with Crippen molar-refractivity contribution in [2.75, 3.05) is 13.2 Å². The summed E-state index contributed by atoms with van der Waals surface area (Å²) in [6, 6.07) is 12.0. The minimum Gasteiger partial charge on any atom is -0.481 e. The monoisotopic (exact) mass is 420 g/mol. The zero-order valence-corrected chi connectivity index (χ0v) is 16.4. The lowest BCUT2D eigenvalue weighted by Gasteiger charge is -2.10. The predicted molar refractivity (Wildman–Crippen MR) is 102 cm³/mol. The van der Waals surface area contributed by atoms with E-state index < -0.39 is 11.9 Å². The normalized spacial score (nSPS) is 10.3. The van der Waals surface area contributed by atoms with Crippen molar-refractivity contribution >= 4 is 27.9 Å². The fraction of sp³-hybridized carbons (Fsp3) is 0.300. The van der Waals surface area contributed by atoms with Crippen molar-refractivity contribution in [3.63, 3.8) is 0 Å². The molecule has 0 aromatic heterocycles. The molecular weight excluding hydrogens is 400 g/mol. The van der Waals surface area contributed by atoms with Crippen molar-refractivity contribution in [1.29, 1.82) is 0 Å². The van der Waals surface area contributed by atoms with E-state index in [-0.39, 0.29) is 12.4 Å². The molecular formula is C20H21BrO5. The van der Waals surface area contributed by atoms with Gasteiger partial charge in [-0.3, -0.25) is 0 Å². The van der Waals surface area contributed by atoms with Crippen LogP contribution in [0.4, 0.5) is 0 Å². The second kappa shape index (κ2) is 9.97. The van der Waals surface area contributed by atoms with Gasteiger partial charge in [0, 0.05) is 0 Å². The van der Waals surface area contributed by atoms with Gasteiger partial charge in [-0.25, -0.2) is 9.59 Å². The number of rotatable bonds is 8. The van der Waals surface area contributed by atoms with E-state index in [1.807, 2.05) is 19.1 Å². The Balaban J connectivity index is 1.92. The predicted octanol–water partition coefficient (Wildman–Crippen LogP) is 4.56. The van der Waals surface area contributed by atoms with Gasteiger partial charge in [0.05, 0.1) is 16.6 Å². The Bertz CT molecular complexity index is 773. The van der Waals surface area contributed by atoms with Crippen molar-refractivity contribution in [2.45, 2.75) is 26.7 Å². The molecule has 138 valence electrons. The first-order chi connectivity index (χ1) is 12.5. The van der Waals surface area contributed by atoms with E-state index in [2.05, 4.69) is 22.9 Å². The molecule has 0 saturated carbocycles. The average Bonchev–Trinajstić information content (AvgIpc) is 2.65. The van der Waals surface area contributed by atoms with E-state index in [1.54, 1.807) is 24.3 Å². The molecule has 26 heavy (non-hydrogen) atoms. The van der Waals surface area contributed by atoms with Crippen molar-refractivity contribution in [3.05, 3.63) is 58.1 Å². The molecule has 0 aliphatic carbocycles. The van der Waals surface area contributed by atoms with Gasteiger partial charge in [-0.1, -0.05) is 26.0 Å². The van der Waals surface area contributed by atoms with Gasteiger partial charge in [-0.2, -0.15) is 0 Å². The first-order valence-corrected chi connectivity index (χ1v) is 9.21. The molecule has 6 heteroatoms. The molecule has 0 unspecified atom stereocenters. The van der Waals surface area contributed by atoms with Crippen LogP contribution in [0.1, 0.15) is 36.2 Å². The van der Waals surface area contributed by atoms with Crippen LogP contribution in [0.2, 0.25) is 0 Å². The molecule has 0 fully saturated rings. The van der Waals surface area contributed by atoms with Crippen LogP contribution < -0.4 is 9.47 Å². The average molecular weight is 421 g/mol. The van der Waals surface area contributed by atoms with Gasteiger partial charge in [0.25, 0.3) is 0 Å². The maximum absolute atomic E-state index is 12.0. The Hall–Kier alpha value is -2.34. The van der Waals surface area contributed by atoms with Gasteiger partial charge in [-0.15, -0.1) is 0 Å². The Morgan fingerprint density at radius 1 is 1.08 bits per heavy atom. The third kappa shape index (κ3) is 5.88. The summed E-state index contributed by atoms with van der Waals surface area (Å²) in [4.78, 5) is 23.8. The number of halogens is 1. The van der Waals surface area contributed by atoms with Crippen LogP contribution >= 0.6 is 15.9 Å². The van der Waals surface area contributed by atoms with Gasteiger partial charge in [0.1, 0.15) is 11.5 Å². The van der Waals surface area contributed by atoms with Crippen LogP contribution in [-0.4, -0.2) is 25.2 Å². The Labute approximate surface area is 161 Å².